The number of nitrogens with one attached hydrogen (secondary N) is 1. The Hall–Kier alpha value is -3.70. The third-order valence-corrected chi connectivity index (χ3v) is 4.79. The minimum absolute atomic E-state index is 0.00236. The maximum atomic E-state index is 11.4. The number of imidazole rings is 1. The molecule has 0 amide bonds. The van der Waals surface area contributed by atoms with Gasteiger partial charge in [-0.15, -0.1) is 0 Å². The van der Waals surface area contributed by atoms with Crippen molar-refractivity contribution in [1.82, 2.24) is 29.1 Å². The molecule has 0 saturated carbocycles. The Morgan fingerprint density at radius 1 is 1.21 bits per heavy atom. The summed E-state index contributed by atoms with van der Waals surface area (Å²) in [5.41, 5.74) is 4.27. The molecule has 16 nitrogen and oxygen atoms in total. The van der Waals surface area contributed by atoms with E-state index in [-0.39, 0.29) is 29.3 Å². The van der Waals surface area contributed by atoms with Gasteiger partial charge in [0.05, 0.1) is 26.0 Å². The molecular weight excluding hydrogens is 446 g/mol. The van der Waals surface area contributed by atoms with E-state index in [4.69, 9.17) is 20.7 Å². The molecule has 0 spiro atoms. The topological polar surface area (TPSA) is 252 Å². The molecule has 16 heteroatoms. The number of aromatic nitrogens is 6. The van der Waals surface area contributed by atoms with E-state index in [9.17, 15) is 29.7 Å². The molecule has 4 heterocycles. The Morgan fingerprint density at radius 2 is 1.94 bits per heavy atom. The lowest BCUT2D eigenvalue weighted by atomic mass is 10.1. The molecule has 4 rings (SSSR count). The van der Waals surface area contributed by atoms with Crippen LogP contribution in [0.2, 0.25) is 0 Å². The summed E-state index contributed by atoms with van der Waals surface area (Å²) in [6.07, 6.45) is -1.13. The van der Waals surface area contributed by atoms with Crippen molar-refractivity contribution < 1.29 is 35.1 Å². The smallest absolute Gasteiger partial charge is 0.329 e. The van der Waals surface area contributed by atoms with Gasteiger partial charge in [0, 0.05) is 11.8 Å². The van der Waals surface area contributed by atoms with Crippen molar-refractivity contribution in [2.24, 2.45) is 5.73 Å². The number of ether oxygens (including phenoxy) is 1. The number of hydrogen-bond acceptors (Lipinski definition) is 12. The molecule has 1 aliphatic rings. The molecule has 0 aliphatic carbocycles. The summed E-state index contributed by atoms with van der Waals surface area (Å²) < 4.78 is 7.47. The number of carboxylic acids is 1. The highest BCUT2D eigenvalue weighted by Gasteiger charge is 2.44. The number of nitrogens with two attached hydrogens (primary N) is 1. The van der Waals surface area contributed by atoms with Gasteiger partial charge in [-0.05, 0) is 0 Å². The second kappa shape index (κ2) is 9.84. The Kier molecular flexibility index (Phi) is 7.14. The molecule has 4 atom stereocenters. The first kappa shape index (κ1) is 24.0. The van der Waals surface area contributed by atoms with Crippen LogP contribution in [0.15, 0.2) is 28.4 Å². The minimum Gasteiger partial charge on any atom is -0.492 e. The van der Waals surface area contributed by atoms with E-state index in [0.717, 1.165) is 17.1 Å². The lowest BCUT2D eigenvalue weighted by Crippen LogP contribution is -2.39. The Morgan fingerprint density at radius 3 is 2.55 bits per heavy atom. The van der Waals surface area contributed by atoms with Crippen LogP contribution in [0.25, 0.3) is 11.2 Å². The van der Waals surface area contributed by atoms with Crippen molar-refractivity contribution >= 4 is 17.1 Å². The number of carboxylic acid groups (broad SMARTS) is 1. The van der Waals surface area contributed by atoms with E-state index in [1.807, 2.05) is 0 Å². The van der Waals surface area contributed by atoms with Crippen molar-refractivity contribution in [1.29, 1.82) is 0 Å². The summed E-state index contributed by atoms with van der Waals surface area (Å²) in [6.45, 7) is -0.691. The summed E-state index contributed by atoms with van der Waals surface area (Å²) >= 11 is 0. The predicted octanol–water partition coefficient (Wildman–Crippen LogP) is -3.78. The van der Waals surface area contributed by atoms with Crippen LogP contribution in [0.3, 0.4) is 0 Å². The highest BCUT2D eigenvalue weighted by Crippen LogP contribution is 2.32. The zero-order valence-electron chi connectivity index (χ0n) is 16.8. The first-order chi connectivity index (χ1) is 15.7. The number of aromatic amines is 1. The van der Waals surface area contributed by atoms with Crippen molar-refractivity contribution in [3.05, 3.63) is 45.3 Å². The lowest BCUT2D eigenvalue weighted by Gasteiger charge is -2.16. The van der Waals surface area contributed by atoms with Gasteiger partial charge in [-0.3, -0.25) is 14.2 Å². The van der Waals surface area contributed by atoms with Crippen molar-refractivity contribution in [3.63, 3.8) is 0 Å². The predicted molar refractivity (Wildman–Crippen MR) is 107 cm³/mol. The molecule has 8 N–H and O–H groups in total. The standard InChI is InChI=1S/C10H12N4O5.C7H9N3O4/c15-1-4-6(16)7(17)10(19-4)14-3-13-5-8(14)11-2-12-9(5)18;8-3-10-6(13)4(1-5(11)12)2-9-7(10)14/h2-4,6-7,10,15-17H,1H2,(H,11,12,18);2H,1,3,8H2,(H,9,14)(H,11,12)/t4-,6-,7-,10-;/m1./s1. The summed E-state index contributed by atoms with van der Waals surface area (Å²) in [6, 6.07) is 0. The van der Waals surface area contributed by atoms with E-state index >= 15 is 0 Å². The minimum atomic E-state index is -1.23. The summed E-state index contributed by atoms with van der Waals surface area (Å²) in [5, 5.41) is 46.6. The number of hydrogen-bond donors (Lipinski definition) is 7. The molecule has 0 radical (unpaired) electrons. The van der Waals surface area contributed by atoms with Gasteiger partial charge in [-0.1, -0.05) is 0 Å². The zero-order chi connectivity index (χ0) is 24.3. The molecule has 1 aliphatic heterocycles. The monoisotopic (exact) mass is 467 g/mol. The number of H-pyrrole nitrogens is 1. The number of fused-ring (bicyclic) bond motifs is 1. The van der Waals surface area contributed by atoms with Crippen LogP contribution >= 0.6 is 0 Å². The van der Waals surface area contributed by atoms with E-state index in [0.29, 0.717) is 0 Å². The van der Waals surface area contributed by atoms with Gasteiger partial charge in [-0.25, -0.2) is 19.3 Å². The summed E-state index contributed by atoms with van der Waals surface area (Å²) in [5.74, 6) is -1.42. The zero-order valence-corrected chi connectivity index (χ0v) is 16.8. The molecule has 1 fully saturated rings. The van der Waals surface area contributed by atoms with Gasteiger partial charge in [0.1, 0.15) is 24.6 Å². The molecule has 33 heavy (non-hydrogen) atoms. The van der Waals surface area contributed by atoms with E-state index < -0.39 is 54.8 Å². The average molecular weight is 467 g/mol. The normalized spacial score (nSPS) is 22.2. The van der Waals surface area contributed by atoms with Crippen LogP contribution in [0.5, 0.6) is 5.88 Å². The van der Waals surface area contributed by atoms with E-state index in [2.05, 4.69) is 19.9 Å². The number of aliphatic hydroxyl groups is 3. The largest absolute Gasteiger partial charge is 0.492 e. The Labute approximate surface area is 183 Å². The number of nitrogens with zero attached hydrogens (tertiary/aromatic N) is 5. The number of rotatable bonds is 5. The second-order valence-corrected chi connectivity index (χ2v) is 6.86. The van der Waals surface area contributed by atoms with Gasteiger partial charge >= 0.3 is 11.7 Å². The van der Waals surface area contributed by atoms with E-state index in [1.165, 1.54) is 10.9 Å². The molecule has 3 aromatic heterocycles. The van der Waals surface area contributed by atoms with Gasteiger partial charge in [0.2, 0.25) is 5.88 Å². The Bertz CT molecular complexity index is 1250. The van der Waals surface area contributed by atoms with Crippen molar-refractivity contribution in [2.45, 2.75) is 37.6 Å². The SMILES string of the molecule is NCn1c(=O)[nH]cc(CC(=O)O)c1=O.OC[C@H]1O[C@@H](n2cnc3c(O)ncnc32)[C@H](O)[C@@H]1O. The van der Waals surface area contributed by atoms with Crippen LogP contribution in [-0.4, -0.2) is 85.5 Å². The third-order valence-electron chi connectivity index (χ3n) is 4.79. The molecule has 178 valence electrons. The van der Waals surface area contributed by atoms with Crippen LogP contribution in [0, 0.1) is 0 Å². The van der Waals surface area contributed by atoms with Gasteiger partial charge in [0.15, 0.2) is 17.4 Å². The third kappa shape index (κ3) is 4.73. The molecule has 1 saturated heterocycles. The number of carbonyl (C=O) groups is 1. The van der Waals surface area contributed by atoms with Gasteiger partial charge in [0.25, 0.3) is 5.56 Å². The van der Waals surface area contributed by atoms with Gasteiger partial charge in [-0.2, -0.15) is 4.98 Å². The molecule has 0 aromatic carbocycles. The number of aliphatic carboxylic acids is 1. The molecular formula is C17H21N7O9. The van der Waals surface area contributed by atoms with Crippen LogP contribution < -0.4 is 17.0 Å². The van der Waals surface area contributed by atoms with Crippen LogP contribution in [0.1, 0.15) is 11.8 Å². The maximum absolute atomic E-state index is 11.4. The fourth-order valence-corrected chi connectivity index (χ4v) is 3.15. The highest BCUT2D eigenvalue weighted by molar-refractivity contribution is 5.75. The number of aromatic hydroxyl groups is 1. The van der Waals surface area contributed by atoms with Crippen LogP contribution in [-0.2, 0) is 22.6 Å². The quantitative estimate of drug-likeness (QED) is 0.190. The lowest BCUT2D eigenvalue weighted by molar-refractivity contribution is -0.136. The second-order valence-electron chi connectivity index (χ2n) is 6.86. The molecule has 0 bridgehead atoms. The molecule has 0 unspecified atom stereocenters. The Balaban J connectivity index is 0.000000196. The first-order valence-electron chi connectivity index (χ1n) is 9.41. The van der Waals surface area contributed by atoms with E-state index in [1.54, 1.807) is 0 Å². The summed E-state index contributed by atoms with van der Waals surface area (Å²) in [4.78, 5) is 46.4. The van der Waals surface area contributed by atoms with Crippen LogP contribution in [0.4, 0.5) is 0 Å². The average Bonchev–Trinajstić information content (AvgIpc) is 3.33. The maximum Gasteiger partial charge on any atom is 0.329 e. The number of aliphatic hydroxyl groups excluding tert-OH is 3. The molecule has 3 aromatic rings. The van der Waals surface area contributed by atoms with Crippen molar-refractivity contribution in [3.8, 4) is 5.88 Å². The fourth-order valence-electron chi connectivity index (χ4n) is 3.15. The first-order valence-corrected chi connectivity index (χ1v) is 9.41. The fraction of sp³-hybridized carbons (Fsp3) is 0.412. The van der Waals surface area contributed by atoms with Crippen molar-refractivity contribution in [2.75, 3.05) is 6.61 Å². The summed E-state index contributed by atoms with van der Waals surface area (Å²) in [7, 11) is 0. The van der Waals surface area contributed by atoms with Gasteiger partial charge < -0.3 is 41.0 Å². The highest BCUT2D eigenvalue weighted by atomic mass is 16.6.